The number of hydrogen-bond acceptors (Lipinski definition) is 4. The lowest BCUT2D eigenvalue weighted by Crippen LogP contribution is -2.45. The molecule has 15 heavy (non-hydrogen) atoms. The zero-order valence-electron chi connectivity index (χ0n) is 9.48. The second-order valence-electron chi connectivity index (χ2n) is 4.28. The van der Waals surface area contributed by atoms with Gasteiger partial charge in [-0.15, -0.1) is 17.0 Å². The number of carbonyl (C=O) groups excluding carboxylic acids is 2. The van der Waals surface area contributed by atoms with E-state index in [1.54, 1.807) is 0 Å². The normalized spacial score (nSPS) is 12.5. The van der Waals surface area contributed by atoms with Crippen molar-refractivity contribution >= 4 is 28.9 Å². The van der Waals surface area contributed by atoms with Crippen LogP contribution in [0.1, 0.15) is 13.3 Å². The molecule has 0 rings (SSSR count). The fourth-order valence-corrected chi connectivity index (χ4v) is 1.17. The van der Waals surface area contributed by atoms with E-state index in [0.717, 1.165) is 0 Å². The van der Waals surface area contributed by atoms with Gasteiger partial charge >= 0.3 is 5.97 Å². The Kier molecular flexibility index (Phi) is 7.60. The first kappa shape index (κ1) is 16.8. The highest BCUT2D eigenvalue weighted by molar-refractivity contribution is 8.93. The van der Waals surface area contributed by atoms with E-state index in [9.17, 15) is 14.7 Å². The molecule has 0 aromatic heterocycles. The molecule has 90 valence electrons. The third kappa shape index (κ3) is 11.3. The number of likely N-dealkylation sites (N-methyl/N-ethyl adjacent to an activating group) is 1. The molecule has 0 spiro atoms. The monoisotopic (exact) mass is 283 g/mol. The molecule has 1 atom stereocenters. The molecule has 0 aromatic rings. The van der Waals surface area contributed by atoms with E-state index < -0.39 is 18.0 Å². The summed E-state index contributed by atoms with van der Waals surface area (Å²) in [5.41, 5.74) is 0. The van der Waals surface area contributed by atoms with Crippen molar-refractivity contribution in [2.45, 2.75) is 19.4 Å². The van der Waals surface area contributed by atoms with E-state index in [1.165, 1.54) is 6.92 Å². The maximum Gasteiger partial charge on any atom is 0.303 e. The first-order chi connectivity index (χ1) is 6.20. The topological polar surface area (TPSA) is 66.4 Å². The number of carbonyl (C=O) groups is 2. The lowest BCUT2D eigenvalue weighted by atomic mass is 10.2. The number of quaternary nitrogens is 1. The van der Waals surface area contributed by atoms with Crippen LogP contribution in [-0.2, 0) is 14.3 Å². The number of aliphatic carboxylic acids is 1. The van der Waals surface area contributed by atoms with Gasteiger partial charge in [-0.25, -0.2) is 0 Å². The van der Waals surface area contributed by atoms with Crippen molar-refractivity contribution in [2.75, 3.05) is 27.7 Å². The third-order valence-electron chi connectivity index (χ3n) is 1.48. The first-order valence-corrected chi connectivity index (χ1v) is 4.38. The third-order valence-corrected chi connectivity index (χ3v) is 1.48. The molecule has 0 saturated heterocycles. The van der Waals surface area contributed by atoms with Crippen molar-refractivity contribution in [3.05, 3.63) is 0 Å². The van der Waals surface area contributed by atoms with Crippen molar-refractivity contribution in [3.8, 4) is 0 Å². The van der Waals surface area contributed by atoms with E-state index in [0.29, 0.717) is 11.0 Å². The van der Waals surface area contributed by atoms with E-state index in [-0.39, 0.29) is 23.4 Å². The predicted molar refractivity (Wildman–Crippen MR) is 58.4 cm³/mol. The van der Waals surface area contributed by atoms with E-state index in [4.69, 9.17) is 4.74 Å². The van der Waals surface area contributed by atoms with Gasteiger partial charge in [-0.3, -0.25) is 4.79 Å². The number of carboxylic acids is 1. The molecule has 0 radical (unpaired) electrons. The standard InChI is InChI=1S/C9H17NO4.BrH/c1-7(11)14-8(5-9(12)13)6-10(2,3)4;/h8H,5-6H2,1-4H3;1H/t8-;/m1./s1. The van der Waals surface area contributed by atoms with Gasteiger partial charge in [-0.2, -0.15) is 0 Å². The second-order valence-corrected chi connectivity index (χ2v) is 4.28. The van der Waals surface area contributed by atoms with E-state index in [2.05, 4.69) is 0 Å². The molecule has 0 bridgehead atoms. The van der Waals surface area contributed by atoms with Gasteiger partial charge in [0.25, 0.3) is 0 Å². The number of ether oxygens (including phenoxy) is 1. The maximum absolute atomic E-state index is 10.7. The average molecular weight is 284 g/mol. The Morgan fingerprint density at radius 2 is 1.80 bits per heavy atom. The Balaban J connectivity index is 0. The van der Waals surface area contributed by atoms with Crippen molar-refractivity contribution < 1.29 is 23.9 Å². The van der Waals surface area contributed by atoms with Crippen LogP contribution in [0, 0.1) is 0 Å². The highest BCUT2D eigenvalue weighted by Gasteiger charge is 2.20. The fraction of sp³-hybridized carbons (Fsp3) is 0.778. The fourth-order valence-electron chi connectivity index (χ4n) is 1.17. The van der Waals surface area contributed by atoms with Gasteiger partial charge in [-0.1, -0.05) is 0 Å². The van der Waals surface area contributed by atoms with Crippen LogP contribution in [0.3, 0.4) is 0 Å². The molecule has 0 fully saturated rings. The highest BCUT2D eigenvalue weighted by atomic mass is 79.9. The maximum atomic E-state index is 10.7. The summed E-state index contributed by atoms with van der Waals surface area (Å²) in [5, 5.41) is 10.4. The number of hydrogen-bond donors (Lipinski definition) is 0. The Morgan fingerprint density at radius 3 is 2.07 bits per heavy atom. The van der Waals surface area contributed by atoms with Crippen LogP contribution in [0.25, 0.3) is 0 Å². The molecule has 0 saturated carbocycles. The largest absolute Gasteiger partial charge is 0.550 e. The number of carboxylic acid groups (broad SMARTS) is 1. The smallest absolute Gasteiger partial charge is 0.303 e. The summed E-state index contributed by atoms with van der Waals surface area (Å²) in [6.07, 6.45) is -0.868. The van der Waals surface area contributed by atoms with Crippen LogP contribution in [0.4, 0.5) is 0 Å². The summed E-state index contributed by atoms with van der Waals surface area (Å²) < 4.78 is 5.39. The number of esters is 1. The minimum absolute atomic E-state index is 0. The van der Waals surface area contributed by atoms with Crippen molar-refractivity contribution in [1.82, 2.24) is 0 Å². The SMILES string of the molecule is Br.CC(=O)O[C@H](CC(=O)[O-])C[N+](C)(C)C. The van der Waals surface area contributed by atoms with Crippen molar-refractivity contribution in [2.24, 2.45) is 0 Å². The zero-order valence-corrected chi connectivity index (χ0v) is 11.2. The molecule has 0 N–H and O–H groups in total. The van der Waals surface area contributed by atoms with Gasteiger partial charge in [0.1, 0.15) is 6.54 Å². The van der Waals surface area contributed by atoms with Crippen LogP contribution in [0.5, 0.6) is 0 Å². The minimum atomic E-state index is -1.20. The molecule has 5 nitrogen and oxygen atoms in total. The van der Waals surface area contributed by atoms with Gasteiger partial charge < -0.3 is 19.1 Å². The first-order valence-electron chi connectivity index (χ1n) is 4.38. The molecule has 0 unspecified atom stereocenters. The van der Waals surface area contributed by atoms with Gasteiger partial charge in [0.2, 0.25) is 0 Å². The summed E-state index contributed by atoms with van der Waals surface area (Å²) in [7, 11) is 5.68. The lowest BCUT2D eigenvalue weighted by molar-refractivity contribution is -0.873. The molecule has 0 aromatic carbocycles. The summed E-state index contributed by atoms with van der Waals surface area (Å²) in [6, 6.07) is 0. The summed E-state index contributed by atoms with van der Waals surface area (Å²) in [4.78, 5) is 21.0. The van der Waals surface area contributed by atoms with Crippen molar-refractivity contribution in [1.29, 1.82) is 0 Å². The molecule has 0 heterocycles. The van der Waals surface area contributed by atoms with Gasteiger partial charge in [0.05, 0.1) is 21.1 Å². The van der Waals surface area contributed by atoms with E-state index in [1.807, 2.05) is 21.1 Å². The predicted octanol–water partition coefficient (Wildman–Crippen LogP) is -0.658. The van der Waals surface area contributed by atoms with Gasteiger partial charge in [0.15, 0.2) is 6.10 Å². The Morgan fingerprint density at radius 1 is 1.33 bits per heavy atom. The minimum Gasteiger partial charge on any atom is -0.550 e. The molecule has 6 heteroatoms. The second kappa shape index (κ2) is 6.79. The zero-order chi connectivity index (χ0) is 11.4. The molecular formula is C9H18BrNO4. The van der Waals surface area contributed by atoms with Crippen LogP contribution in [0.15, 0.2) is 0 Å². The van der Waals surface area contributed by atoms with E-state index >= 15 is 0 Å². The average Bonchev–Trinajstić information content (AvgIpc) is 1.77. The molecule has 0 aliphatic carbocycles. The highest BCUT2D eigenvalue weighted by Crippen LogP contribution is 2.04. The number of rotatable bonds is 5. The van der Waals surface area contributed by atoms with Crippen LogP contribution in [-0.4, -0.2) is 50.2 Å². The quantitative estimate of drug-likeness (QED) is 0.496. The molecular weight excluding hydrogens is 266 g/mol. The van der Waals surface area contributed by atoms with Gasteiger partial charge in [-0.05, 0) is 0 Å². The Hall–Kier alpha value is -0.620. The summed E-state index contributed by atoms with van der Waals surface area (Å²) >= 11 is 0. The summed E-state index contributed by atoms with van der Waals surface area (Å²) in [6.45, 7) is 1.71. The molecule has 0 aliphatic heterocycles. The van der Waals surface area contributed by atoms with Gasteiger partial charge in [0, 0.05) is 19.3 Å². The summed E-state index contributed by atoms with van der Waals surface area (Å²) in [5.74, 6) is -1.67. The molecule has 0 aliphatic rings. The lowest BCUT2D eigenvalue weighted by Gasteiger charge is -2.28. The number of nitrogens with zero attached hydrogens (tertiary/aromatic N) is 1. The number of halogens is 1. The van der Waals surface area contributed by atoms with Crippen LogP contribution >= 0.6 is 17.0 Å². The Bertz CT molecular complexity index is 209. The van der Waals surface area contributed by atoms with Crippen LogP contribution < -0.4 is 5.11 Å². The van der Waals surface area contributed by atoms with Crippen molar-refractivity contribution in [3.63, 3.8) is 0 Å². The molecule has 0 amide bonds. The van der Waals surface area contributed by atoms with Crippen LogP contribution in [0.2, 0.25) is 0 Å². The Labute approximate surface area is 100 Å².